The molecule has 0 heterocycles. The van der Waals surface area contributed by atoms with E-state index in [1.165, 1.54) is 12.1 Å². The van der Waals surface area contributed by atoms with Crippen LogP contribution in [0.2, 0.25) is 0 Å². The highest BCUT2D eigenvalue weighted by atomic mass is 19.4. The van der Waals surface area contributed by atoms with Crippen LogP contribution in [0.1, 0.15) is 24.5 Å². The number of rotatable bonds is 5. The molecule has 0 spiro atoms. The van der Waals surface area contributed by atoms with Crippen LogP contribution in [0.15, 0.2) is 24.3 Å². The number of alkyl halides is 3. The van der Waals surface area contributed by atoms with Crippen molar-refractivity contribution >= 4 is 0 Å². The fourth-order valence-corrected chi connectivity index (χ4v) is 1.24. The summed E-state index contributed by atoms with van der Waals surface area (Å²) in [7, 11) is 0. The minimum atomic E-state index is -4.29. The Morgan fingerprint density at radius 1 is 1.24 bits per heavy atom. The fourth-order valence-electron chi connectivity index (χ4n) is 1.24. The molecule has 2 nitrogen and oxygen atoms in total. The quantitative estimate of drug-likeness (QED) is 0.868. The lowest BCUT2D eigenvalue weighted by atomic mass is 10.1. The van der Waals surface area contributed by atoms with Crippen molar-refractivity contribution < 1.29 is 17.9 Å². The molecule has 0 fully saturated rings. The predicted molar refractivity (Wildman–Crippen MR) is 59.4 cm³/mol. The van der Waals surface area contributed by atoms with Crippen molar-refractivity contribution in [1.82, 2.24) is 0 Å². The number of nitrogens with two attached hydrogens (primary N) is 1. The molecule has 0 aliphatic heterocycles. The van der Waals surface area contributed by atoms with Crippen molar-refractivity contribution in [2.24, 2.45) is 5.73 Å². The van der Waals surface area contributed by atoms with Crippen molar-refractivity contribution in [2.75, 3.05) is 6.61 Å². The molecule has 1 rings (SSSR count). The highest BCUT2D eigenvalue weighted by Gasteiger charge is 2.29. The third-order valence-electron chi connectivity index (χ3n) is 2.41. The van der Waals surface area contributed by atoms with Gasteiger partial charge in [0.2, 0.25) is 0 Å². The van der Waals surface area contributed by atoms with Crippen LogP contribution in [0.3, 0.4) is 0 Å². The van der Waals surface area contributed by atoms with Crippen LogP contribution in [-0.2, 0) is 17.5 Å². The number of hydrogen-bond donors (Lipinski definition) is 1. The summed E-state index contributed by atoms with van der Waals surface area (Å²) in [6.07, 6.45) is -3.48. The van der Waals surface area contributed by atoms with Gasteiger partial charge in [0.15, 0.2) is 0 Å². The molecule has 0 radical (unpaired) electrons. The Bertz CT molecular complexity index is 335. The van der Waals surface area contributed by atoms with Gasteiger partial charge in [0.25, 0.3) is 0 Å². The third kappa shape index (κ3) is 4.75. The van der Waals surface area contributed by atoms with E-state index < -0.39 is 11.7 Å². The summed E-state index contributed by atoms with van der Waals surface area (Å²) in [5.74, 6) is 0. The molecule has 0 aliphatic carbocycles. The van der Waals surface area contributed by atoms with Crippen molar-refractivity contribution in [3.63, 3.8) is 0 Å². The molecule has 0 aromatic heterocycles. The minimum Gasteiger partial charge on any atom is -0.375 e. The first kappa shape index (κ1) is 14.0. The van der Waals surface area contributed by atoms with Crippen molar-refractivity contribution in [2.45, 2.75) is 32.2 Å². The predicted octanol–water partition coefficient (Wildman–Crippen LogP) is 2.96. The van der Waals surface area contributed by atoms with Crippen LogP contribution in [0, 0.1) is 0 Å². The standard InChI is InChI=1S/C12H16F3NO/c1-2-11(16)8-17-7-9-3-5-10(6-4-9)12(13,14)15/h3-6,11H,2,7-8,16H2,1H3/t11-/m1/s1. The first-order valence-corrected chi connectivity index (χ1v) is 5.43. The molecule has 0 bridgehead atoms. The number of benzene rings is 1. The fraction of sp³-hybridized carbons (Fsp3) is 0.500. The topological polar surface area (TPSA) is 35.2 Å². The summed E-state index contributed by atoms with van der Waals surface area (Å²) in [5, 5.41) is 0. The van der Waals surface area contributed by atoms with Crippen LogP contribution in [-0.4, -0.2) is 12.6 Å². The van der Waals surface area contributed by atoms with E-state index in [4.69, 9.17) is 10.5 Å². The summed E-state index contributed by atoms with van der Waals surface area (Å²) >= 11 is 0. The maximum absolute atomic E-state index is 12.3. The van der Waals surface area contributed by atoms with Crippen LogP contribution in [0.5, 0.6) is 0 Å². The minimum absolute atomic E-state index is 0.0237. The first-order chi connectivity index (χ1) is 7.93. The molecule has 5 heteroatoms. The van der Waals surface area contributed by atoms with Gasteiger partial charge < -0.3 is 10.5 Å². The van der Waals surface area contributed by atoms with Gasteiger partial charge >= 0.3 is 6.18 Å². The summed E-state index contributed by atoms with van der Waals surface area (Å²) in [6, 6.07) is 4.92. The molecule has 2 N–H and O–H groups in total. The van der Waals surface area contributed by atoms with Gasteiger partial charge in [-0.15, -0.1) is 0 Å². The molecule has 1 atom stereocenters. The van der Waals surface area contributed by atoms with Gasteiger partial charge in [-0.1, -0.05) is 19.1 Å². The number of hydrogen-bond acceptors (Lipinski definition) is 2. The molecule has 0 unspecified atom stereocenters. The SMILES string of the molecule is CC[C@@H](N)COCc1ccc(C(F)(F)F)cc1. The highest BCUT2D eigenvalue weighted by Crippen LogP contribution is 2.29. The molecule has 0 amide bonds. The Labute approximate surface area is 98.6 Å². The number of halogens is 3. The Balaban J connectivity index is 2.46. The second-order valence-electron chi connectivity index (χ2n) is 3.88. The van der Waals surface area contributed by atoms with Crippen molar-refractivity contribution in [3.05, 3.63) is 35.4 Å². The van der Waals surface area contributed by atoms with Crippen LogP contribution in [0.4, 0.5) is 13.2 Å². The third-order valence-corrected chi connectivity index (χ3v) is 2.41. The first-order valence-electron chi connectivity index (χ1n) is 5.43. The van der Waals surface area contributed by atoms with Gasteiger partial charge in [-0.25, -0.2) is 0 Å². The zero-order valence-electron chi connectivity index (χ0n) is 9.63. The van der Waals surface area contributed by atoms with Gasteiger partial charge in [-0.05, 0) is 24.1 Å². The summed E-state index contributed by atoms with van der Waals surface area (Å²) in [6.45, 7) is 2.65. The molecule has 96 valence electrons. The van der Waals surface area contributed by atoms with Crippen LogP contribution in [0.25, 0.3) is 0 Å². The lowest BCUT2D eigenvalue weighted by molar-refractivity contribution is -0.137. The summed E-state index contributed by atoms with van der Waals surface area (Å²) in [4.78, 5) is 0. The molecule has 0 saturated carbocycles. The van der Waals surface area contributed by atoms with E-state index in [1.807, 2.05) is 6.92 Å². The second kappa shape index (κ2) is 6.02. The molecule has 1 aromatic rings. The van der Waals surface area contributed by atoms with E-state index >= 15 is 0 Å². The molecular formula is C12H16F3NO. The molecule has 0 aliphatic rings. The van der Waals surface area contributed by atoms with E-state index in [9.17, 15) is 13.2 Å². The largest absolute Gasteiger partial charge is 0.416 e. The van der Waals surface area contributed by atoms with E-state index in [0.29, 0.717) is 12.2 Å². The second-order valence-corrected chi connectivity index (χ2v) is 3.88. The Morgan fingerprint density at radius 2 is 1.82 bits per heavy atom. The maximum atomic E-state index is 12.3. The highest BCUT2D eigenvalue weighted by molar-refractivity contribution is 5.24. The van der Waals surface area contributed by atoms with Crippen molar-refractivity contribution in [3.8, 4) is 0 Å². The van der Waals surface area contributed by atoms with Gasteiger partial charge in [0, 0.05) is 6.04 Å². The smallest absolute Gasteiger partial charge is 0.375 e. The average molecular weight is 247 g/mol. The van der Waals surface area contributed by atoms with Crippen molar-refractivity contribution in [1.29, 1.82) is 0 Å². The Kier molecular flexibility index (Phi) is 4.96. The summed E-state index contributed by atoms with van der Waals surface area (Å²) in [5.41, 5.74) is 5.71. The summed E-state index contributed by atoms with van der Waals surface area (Å²) < 4.78 is 42.1. The van der Waals surface area contributed by atoms with E-state index in [-0.39, 0.29) is 12.6 Å². The van der Waals surface area contributed by atoms with Gasteiger partial charge in [-0.2, -0.15) is 13.2 Å². The van der Waals surface area contributed by atoms with E-state index in [2.05, 4.69) is 0 Å². The van der Waals surface area contributed by atoms with Gasteiger partial charge in [-0.3, -0.25) is 0 Å². The Hall–Kier alpha value is -1.07. The molecular weight excluding hydrogens is 231 g/mol. The Morgan fingerprint density at radius 3 is 2.29 bits per heavy atom. The zero-order valence-corrected chi connectivity index (χ0v) is 9.63. The average Bonchev–Trinajstić information content (AvgIpc) is 2.28. The zero-order chi connectivity index (χ0) is 12.9. The molecule has 17 heavy (non-hydrogen) atoms. The van der Waals surface area contributed by atoms with Crippen LogP contribution < -0.4 is 5.73 Å². The maximum Gasteiger partial charge on any atom is 0.416 e. The normalized spacial score (nSPS) is 13.7. The lowest BCUT2D eigenvalue weighted by Crippen LogP contribution is -2.24. The number of ether oxygens (including phenoxy) is 1. The van der Waals surface area contributed by atoms with Gasteiger partial charge in [0.05, 0.1) is 18.8 Å². The monoisotopic (exact) mass is 247 g/mol. The van der Waals surface area contributed by atoms with Gasteiger partial charge in [0.1, 0.15) is 0 Å². The van der Waals surface area contributed by atoms with E-state index in [1.54, 1.807) is 0 Å². The van der Waals surface area contributed by atoms with Crippen LogP contribution >= 0.6 is 0 Å². The van der Waals surface area contributed by atoms with E-state index in [0.717, 1.165) is 18.6 Å². The lowest BCUT2D eigenvalue weighted by Gasteiger charge is -2.10. The molecule has 1 aromatic carbocycles. The molecule has 0 saturated heterocycles.